The van der Waals surface area contributed by atoms with Crippen molar-refractivity contribution in [2.24, 2.45) is 7.05 Å². The molecule has 0 bridgehead atoms. The minimum absolute atomic E-state index is 0.359. The monoisotopic (exact) mass is 164 g/mol. The number of rotatable bonds is 0. The third-order valence-corrected chi connectivity index (χ3v) is 1.40. The molecule has 0 aliphatic rings. The van der Waals surface area contributed by atoms with Gasteiger partial charge in [0.25, 0.3) is 0 Å². The Morgan fingerprint density at radius 2 is 2.00 bits per heavy atom. The molecule has 2 nitrogen and oxygen atoms in total. The van der Waals surface area contributed by atoms with Gasteiger partial charge in [0.2, 0.25) is 0 Å². The lowest BCUT2D eigenvalue weighted by atomic mass is 10.5. The minimum Gasteiger partial charge on any atom is -0.338 e. The van der Waals surface area contributed by atoms with Crippen LogP contribution in [0.1, 0.15) is 11.5 Å². The van der Waals surface area contributed by atoms with Crippen LogP contribution in [0.3, 0.4) is 0 Å². The molecule has 1 rings (SSSR count). The SMILES string of the molecule is Cc1nc(C(F)(F)F)cn1C. The molecule has 0 saturated heterocycles. The van der Waals surface area contributed by atoms with E-state index >= 15 is 0 Å². The molecule has 0 aromatic carbocycles. The van der Waals surface area contributed by atoms with Crippen molar-refractivity contribution in [1.29, 1.82) is 0 Å². The Kier molecular flexibility index (Phi) is 1.66. The summed E-state index contributed by atoms with van der Waals surface area (Å²) in [6.07, 6.45) is -3.36. The third-order valence-electron chi connectivity index (χ3n) is 1.40. The Morgan fingerprint density at radius 3 is 2.18 bits per heavy atom. The highest BCUT2D eigenvalue weighted by Gasteiger charge is 2.33. The molecule has 0 spiro atoms. The van der Waals surface area contributed by atoms with E-state index in [1.54, 1.807) is 0 Å². The number of aromatic nitrogens is 2. The van der Waals surface area contributed by atoms with Gasteiger partial charge in [0.1, 0.15) is 5.82 Å². The van der Waals surface area contributed by atoms with Crippen molar-refractivity contribution in [2.45, 2.75) is 13.1 Å². The normalized spacial score (nSPS) is 12.1. The van der Waals surface area contributed by atoms with Gasteiger partial charge in [-0.1, -0.05) is 0 Å². The van der Waals surface area contributed by atoms with Crippen LogP contribution in [0.5, 0.6) is 0 Å². The molecule has 0 fully saturated rings. The van der Waals surface area contributed by atoms with E-state index < -0.39 is 11.9 Å². The number of imidazole rings is 1. The van der Waals surface area contributed by atoms with Crippen LogP contribution in [0.2, 0.25) is 0 Å². The zero-order chi connectivity index (χ0) is 8.65. The number of nitrogens with zero attached hydrogens (tertiary/aromatic N) is 2. The Morgan fingerprint density at radius 1 is 1.45 bits per heavy atom. The molecule has 1 aromatic heterocycles. The summed E-state index contributed by atoms with van der Waals surface area (Å²) in [5, 5.41) is 0. The number of hydrogen-bond acceptors (Lipinski definition) is 1. The van der Waals surface area contributed by atoms with E-state index in [9.17, 15) is 13.2 Å². The molecular formula is C6H7F3N2. The summed E-state index contributed by atoms with van der Waals surface area (Å²) in [6.45, 7) is 1.52. The molecule has 0 amide bonds. The lowest BCUT2D eigenvalue weighted by Crippen LogP contribution is -2.04. The molecule has 62 valence electrons. The van der Waals surface area contributed by atoms with Crippen LogP contribution in [-0.2, 0) is 13.2 Å². The van der Waals surface area contributed by atoms with E-state index in [1.165, 1.54) is 18.5 Å². The minimum atomic E-state index is -4.33. The van der Waals surface area contributed by atoms with Gasteiger partial charge in [-0.05, 0) is 6.92 Å². The lowest BCUT2D eigenvalue weighted by Gasteiger charge is -1.98. The van der Waals surface area contributed by atoms with Crippen molar-refractivity contribution >= 4 is 0 Å². The fourth-order valence-corrected chi connectivity index (χ4v) is 0.695. The summed E-state index contributed by atoms with van der Waals surface area (Å²) >= 11 is 0. The maximum Gasteiger partial charge on any atom is 0.434 e. The van der Waals surface area contributed by atoms with Crippen molar-refractivity contribution in [2.75, 3.05) is 0 Å². The summed E-state index contributed by atoms with van der Waals surface area (Å²) in [4.78, 5) is 3.32. The van der Waals surface area contributed by atoms with E-state index in [2.05, 4.69) is 4.98 Å². The molecule has 0 radical (unpaired) electrons. The van der Waals surface area contributed by atoms with Crippen molar-refractivity contribution in [3.8, 4) is 0 Å². The van der Waals surface area contributed by atoms with Crippen LogP contribution in [-0.4, -0.2) is 9.55 Å². The van der Waals surface area contributed by atoms with Crippen LogP contribution in [0.4, 0.5) is 13.2 Å². The van der Waals surface area contributed by atoms with Crippen molar-refractivity contribution in [1.82, 2.24) is 9.55 Å². The smallest absolute Gasteiger partial charge is 0.338 e. The average molecular weight is 164 g/mol. The summed E-state index contributed by atoms with van der Waals surface area (Å²) in [7, 11) is 1.53. The van der Waals surface area contributed by atoms with E-state index in [4.69, 9.17) is 0 Å². The van der Waals surface area contributed by atoms with E-state index in [1.807, 2.05) is 0 Å². The van der Waals surface area contributed by atoms with Gasteiger partial charge in [-0.2, -0.15) is 13.2 Å². The molecule has 0 aliphatic heterocycles. The second-order valence-corrected chi connectivity index (χ2v) is 2.28. The molecule has 0 saturated carbocycles. The van der Waals surface area contributed by atoms with E-state index in [0.29, 0.717) is 5.82 Å². The molecule has 0 aliphatic carbocycles. The van der Waals surface area contributed by atoms with Crippen LogP contribution < -0.4 is 0 Å². The van der Waals surface area contributed by atoms with Crippen LogP contribution in [0.25, 0.3) is 0 Å². The highest BCUT2D eigenvalue weighted by molar-refractivity contribution is 5.05. The van der Waals surface area contributed by atoms with Gasteiger partial charge < -0.3 is 4.57 Å². The topological polar surface area (TPSA) is 17.8 Å². The van der Waals surface area contributed by atoms with Gasteiger partial charge in [0, 0.05) is 13.2 Å². The maximum absolute atomic E-state index is 11.9. The van der Waals surface area contributed by atoms with Crippen molar-refractivity contribution in [3.05, 3.63) is 17.7 Å². The van der Waals surface area contributed by atoms with E-state index in [-0.39, 0.29) is 0 Å². The first-order valence-corrected chi connectivity index (χ1v) is 2.98. The molecule has 0 atom stereocenters. The summed E-state index contributed by atoms with van der Waals surface area (Å²) in [5.41, 5.74) is -0.836. The molecular weight excluding hydrogens is 157 g/mol. The summed E-state index contributed by atoms with van der Waals surface area (Å²) in [5.74, 6) is 0.359. The first-order valence-electron chi connectivity index (χ1n) is 2.98. The second-order valence-electron chi connectivity index (χ2n) is 2.28. The van der Waals surface area contributed by atoms with Crippen molar-refractivity contribution < 1.29 is 13.2 Å². The van der Waals surface area contributed by atoms with Gasteiger partial charge in [-0.15, -0.1) is 0 Å². The average Bonchev–Trinajstić information content (AvgIpc) is 2.11. The van der Waals surface area contributed by atoms with Crippen LogP contribution >= 0.6 is 0 Å². The Hall–Kier alpha value is -1.00. The van der Waals surface area contributed by atoms with Crippen molar-refractivity contribution in [3.63, 3.8) is 0 Å². The van der Waals surface area contributed by atoms with Gasteiger partial charge >= 0.3 is 6.18 Å². The van der Waals surface area contributed by atoms with E-state index in [0.717, 1.165) is 6.20 Å². The molecule has 1 aromatic rings. The number of aryl methyl sites for hydroxylation is 2. The summed E-state index contributed by atoms with van der Waals surface area (Å²) in [6, 6.07) is 0. The largest absolute Gasteiger partial charge is 0.434 e. The molecule has 0 N–H and O–H groups in total. The Bertz CT molecular complexity index is 242. The van der Waals surface area contributed by atoms with Gasteiger partial charge in [0.15, 0.2) is 5.69 Å². The fourth-order valence-electron chi connectivity index (χ4n) is 0.695. The number of halogens is 3. The predicted octanol–water partition coefficient (Wildman–Crippen LogP) is 1.75. The zero-order valence-electron chi connectivity index (χ0n) is 6.11. The van der Waals surface area contributed by atoms with Gasteiger partial charge in [-0.25, -0.2) is 4.98 Å². The molecule has 11 heavy (non-hydrogen) atoms. The van der Waals surface area contributed by atoms with Crippen LogP contribution in [0.15, 0.2) is 6.20 Å². The van der Waals surface area contributed by atoms with Gasteiger partial charge in [-0.3, -0.25) is 0 Å². The predicted molar refractivity (Wildman–Crippen MR) is 32.9 cm³/mol. The number of alkyl halides is 3. The Labute approximate surface area is 61.7 Å². The molecule has 0 unspecified atom stereocenters. The first-order chi connectivity index (χ1) is 4.91. The quantitative estimate of drug-likeness (QED) is 0.571. The Balaban J connectivity index is 3.08. The molecule has 5 heteroatoms. The standard InChI is InChI=1S/C6H7F3N2/c1-4-10-5(3-11(4)2)6(7,8)9/h3H,1-2H3. The number of hydrogen-bond donors (Lipinski definition) is 0. The first kappa shape index (κ1) is 8.10. The summed E-state index contributed by atoms with van der Waals surface area (Å²) < 4.78 is 37.1. The van der Waals surface area contributed by atoms with Crippen LogP contribution in [0, 0.1) is 6.92 Å². The lowest BCUT2D eigenvalue weighted by molar-refractivity contribution is -0.141. The fraction of sp³-hybridized carbons (Fsp3) is 0.500. The highest BCUT2D eigenvalue weighted by Crippen LogP contribution is 2.27. The zero-order valence-corrected chi connectivity index (χ0v) is 6.11. The second kappa shape index (κ2) is 2.25. The maximum atomic E-state index is 11.9. The van der Waals surface area contributed by atoms with Gasteiger partial charge in [0.05, 0.1) is 0 Å². The third kappa shape index (κ3) is 1.53. The highest BCUT2D eigenvalue weighted by atomic mass is 19.4. The molecule has 1 heterocycles.